The van der Waals surface area contributed by atoms with Gasteiger partial charge in [-0.05, 0) is 36.5 Å². The lowest BCUT2D eigenvalue weighted by atomic mass is 9.86. The van der Waals surface area contributed by atoms with E-state index in [0.29, 0.717) is 44.0 Å². The highest BCUT2D eigenvalue weighted by molar-refractivity contribution is 5.79. The number of rotatable bonds is 7. The number of hydrogen-bond acceptors (Lipinski definition) is 4. The summed E-state index contributed by atoms with van der Waals surface area (Å²) in [7, 11) is 3.19. The van der Waals surface area contributed by atoms with Crippen LogP contribution in [0.4, 0.5) is 0 Å². The molecule has 166 valence electrons. The molecule has 0 unspecified atom stereocenters. The van der Waals surface area contributed by atoms with E-state index in [2.05, 4.69) is 0 Å². The van der Waals surface area contributed by atoms with Gasteiger partial charge in [0.15, 0.2) is 11.5 Å². The number of methoxy groups -OCH3 is 2. The summed E-state index contributed by atoms with van der Waals surface area (Å²) in [6.45, 7) is 2.71. The van der Waals surface area contributed by atoms with Crippen LogP contribution in [0.15, 0.2) is 18.2 Å². The molecule has 1 heterocycles. The Morgan fingerprint density at radius 1 is 0.867 bits per heavy atom. The largest absolute Gasteiger partial charge is 0.493 e. The highest BCUT2D eigenvalue weighted by Gasteiger charge is 2.23. The first-order valence-electron chi connectivity index (χ1n) is 11.4. The summed E-state index contributed by atoms with van der Waals surface area (Å²) in [6.07, 6.45) is 9.41. The van der Waals surface area contributed by atoms with Gasteiger partial charge in [-0.3, -0.25) is 9.59 Å². The quantitative estimate of drug-likeness (QED) is 0.681. The van der Waals surface area contributed by atoms with E-state index < -0.39 is 0 Å². The maximum Gasteiger partial charge on any atom is 0.227 e. The van der Waals surface area contributed by atoms with E-state index >= 15 is 0 Å². The normalized spacial score (nSPS) is 18.1. The van der Waals surface area contributed by atoms with E-state index in [4.69, 9.17) is 9.47 Å². The molecule has 1 saturated carbocycles. The lowest BCUT2D eigenvalue weighted by Gasteiger charge is -2.24. The summed E-state index contributed by atoms with van der Waals surface area (Å²) < 4.78 is 10.6. The Balaban J connectivity index is 1.48. The average molecular weight is 417 g/mol. The predicted molar refractivity (Wildman–Crippen MR) is 117 cm³/mol. The number of ether oxygens (including phenoxy) is 2. The van der Waals surface area contributed by atoms with Gasteiger partial charge in [0.2, 0.25) is 11.8 Å². The molecule has 2 amide bonds. The van der Waals surface area contributed by atoms with Gasteiger partial charge >= 0.3 is 0 Å². The summed E-state index contributed by atoms with van der Waals surface area (Å²) in [4.78, 5) is 29.4. The Bertz CT molecular complexity index is 715. The van der Waals surface area contributed by atoms with Crippen molar-refractivity contribution >= 4 is 11.8 Å². The van der Waals surface area contributed by atoms with E-state index in [-0.39, 0.29) is 11.8 Å². The Hall–Kier alpha value is -2.24. The average Bonchev–Trinajstić information content (AvgIpc) is 3.04. The zero-order chi connectivity index (χ0) is 21.3. The zero-order valence-corrected chi connectivity index (χ0v) is 18.5. The predicted octanol–water partition coefficient (Wildman–Crippen LogP) is 3.67. The van der Waals surface area contributed by atoms with E-state index in [1.807, 2.05) is 28.0 Å². The van der Waals surface area contributed by atoms with E-state index in [1.54, 1.807) is 14.2 Å². The van der Waals surface area contributed by atoms with Crippen molar-refractivity contribution in [1.82, 2.24) is 9.80 Å². The minimum Gasteiger partial charge on any atom is -0.493 e. The number of carbonyl (C=O) groups excluding carboxylic acids is 2. The van der Waals surface area contributed by atoms with E-state index in [0.717, 1.165) is 30.9 Å². The molecule has 2 aliphatic rings. The molecule has 0 bridgehead atoms. The lowest BCUT2D eigenvalue weighted by Crippen LogP contribution is -2.38. The van der Waals surface area contributed by atoms with Crippen LogP contribution in [0.5, 0.6) is 11.5 Å². The second kappa shape index (κ2) is 11.2. The van der Waals surface area contributed by atoms with Gasteiger partial charge < -0.3 is 19.3 Å². The van der Waals surface area contributed by atoms with Crippen molar-refractivity contribution in [2.45, 2.75) is 57.8 Å². The van der Waals surface area contributed by atoms with Gasteiger partial charge in [-0.2, -0.15) is 0 Å². The number of carbonyl (C=O) groups is 2. The Kier molecular flexibility index (Phi) is 8.40. The van der Waals surface area contributed by atoms with Gasteiger partial charge in [-0.1, -0.05) is 38.2 Å². The molecule has 2 fully saturated rings. The van der Waals surface area contributed by atoms with Gasteiger partial charge in [0.05, 0.1) is 20.6 Å². The molecule has 0 aromatic heterocycles. The van der Waals surface area contributed by atoms with Crippen LogP contribution in [0.3, 0.4) is 0 Å². The first-order valence-corrected chi connectivity index (χ1v) is 11.4. The van der Waals surface area contributed by atoms with Crippen LogP contribution in [0, 0.1) is 5.92 Å². The molecule has 1 aliphatic heterocycles. The molecule has 30 heavy (non-hydrogen) atoms. The van der Waals surface area contributed by atoms with Crippen molar-refractivity contribution < 1.29 is 19.1 Å². The molecular formula is C24H36N2O4. The lowest BCUT2D eigenvalue weighted by molar-refractivity contribution is -0.133. The Morgan fingerprint density at radius 2 is 1.53 bits per heavy atom. The van der Waals surface area contributed by atoms with Crippen molar-refractivity contribution in [2.24, 2.45) is 5.92 Å². The topological polar surface area (TPSA) is 59.1 Å². The van der Waals surface area contributed by atoms with Crippen molar-refractivity contribution in [3.05, 3.63) is 23.8 Å². The summed E-state index contributed by atoms with van der Waals surface area (Å²) >= 11 is 0. The van der Waals surface area contributed by atoms with Crippen LogP contribution in [0.1, 0.15) is 56.9 Å². The second-order valence-corrected chi connectivity index (χ2v) is 8.52. The van der Waals surface area contributed by atoms with Crippen LogP contribution in [-0.2, 0) is 16.0 Å². The summed E-state index contributed by atoms with van der Waals surface area (Å²) in [6, 6.07) is 5.59. The molecule has 0 N–H and O–H groups in total. The fourth-order valence-corrected chi connectivity index (χ4v) is 4.65. The Labute approximate surface area is 180 Å². The molecule has 6 heteroatoms. The van der Waals surface area contributed by atoms with Crippen molar-refractivity contribution in [3.63, 3.8) is 0 Å². The van der Waals surface area contributed by atoms with Crippen LogP contribution in [-0.4, -0.2) is 62.0 Å². The SMILES string of the molecule is COc1ccc(CC(=O)N2CCCN(C(=O)CCC3CCCCC3)CC2)cc1OC. The smallest absolute Gasteiger partial charge is 0.227 e. The molecular weight excluding hydrogens is 380 g/mol. The van der Waals surface area contributed by atoms with Gasteiger partial charge in [0, 0.05) is 32.6 Å². The van der Waals surface area contributed by atoms with Crippen molar-refractivity contribution in [3.8, 4) is 11.5 Å². The third-order valence-electron chi connectivity index (χ3n) is 6.50. The van der Waals surface area contributed by atoms with Gasteiger partial charge in [0.25, 0.3) is 0 Å². The monoisotopic (exact) mass is 416 g/mol. The van der Waals surface area contributed by atoms with Crippen LogP contribution in [0.2, 0.25) is 0 Å². The summed E-state index contributed by atoms with van der Waals surface area (Å²) in [5, 5.41) is 0. The molecule has 0 radical (unpaired) electrons. The van der Waals surface area contributed by atoms with E-state index in [9.17, 15) is 9.59 Å². The van der Waals surface area contributed by atoms with Crippen molar-refractivity contribution in [2.75, 3.05) is 40.4 Å². The molecule has 1 aromatic rings. The number of benzene rings is 1. The zero-order valence-electron chi connectivity index (χ0n) is 18.5. The van der Waals surface area contributed by atoms with Gasteiger partial charge in [-0.15, -0.1) is 0 Å². The fraction of sp³-hybridized carbons (Fsp3) is 0.667. The standard InChI is InChI=1S/C24H36N2O4/c1-29-21-11-9-20(17-22(21)30-2)18-24(28)26-14-6-13-25(15-16-26)23(27)12-10-19-7-4-3-5-8-19/h9,11,17,19H,3-8,10,12-16,18H2,1-2H3. The molecule has 0 atom stereocenters. The van der Waals surface area contributed by atoms with Gasteiger partial charge in [0.1, 0.15) is 0 Å². The fourth-order valence-electron chi connectivity index (χ4n) is 4.65. The first kappa shape index (κ1) is 22.4. The molecule has 1 aliphatic carbocycles. The third-order valence-corrected chi connectivity index (χ3v) is 6.50. The summed E-state index contributed by atoms with van der Waals surface area (Å²) in [5.74, 6) is 2.38. The Morgan fingerprint density at radius 3 is 2.20 bits per heavy atom. The maximum absolute atomic E-state index is 12.8. The number of amides is 2. The van der Waals surface area contributed by atoms with Gasteiger partial charge in [-0.25, -0.2) is 0 Å². The first-order chi connectivity index (χ1) is 14.6. The summed E-state index contributed by atoms with van der Waals surface area (Å²) in [5.41, 5.74) is 0.905. The molecule has 1 aromatic carbocycles. The van der Waals surface area contributed by atoms with E-state index in [1.165, 1.54) is 32.1 Å². The van der Waals surface area contributed by atoms with Crippen molar-refractivity contribution in [1.29, 1.82) is 0 Å². The molecule has 0 spiro atoms. The minimum absolute atomic E-state index is 0.0960. The second-order valence-electron chi connectivity index (χ2n) is 8.52. The highest BCUT2D eigenvalue weighted by Crippen LogP contribution is 2.28. The molecule has 6 nitrogen and oxygen atoms in total. The number of hydrogen-bond donors (Lipinski definition) is 0. The third kappa shape index (κ3) is 6.13. The van der Waals surface area contributed by atoms with Crippen LogP contribution >= 0.6 is 0 Å². The highest BCUT2D eigenvalue weighted by atomic mass is 16.5. The van der Waals surface area contributed by atoms with Crippen LogP contribution < -0.4 is 9.47 Å². The maximum atomic E-state index is 12.8. The molecule has 3 rings (SSSR count). The molecule has 1 saturated heterocycles. The minimum atomic E-state index is 0.0960. The van der Waals surface area contributed by atoms with Crippen LogP contribution in [0.25, 0.3) is 0 Å². The number of nitrogens with zero attached hydrogens (tertiary/aromatic N) is 2.